The van der Waals surface area contributed by atoms with Gasteiger partial charge in [0, 0.05) is 0 Å². The van der Waals surface area contributed by atoms with E-state index in [2.05, 4.69) is 27.2 Å². The van der Waals surface area contributed by atoms with Crippen LogP contribution < -0.4 is 10.1 Å². The number of amides is 1. The van der Waals surface area contributed by atoms with Gasteiger partial charge >= 0.3 is 5.97 Å². The largest absolute Gasteiger partial charge is 0.481 e. The van der Waals surface area contributed by atoms with Gasteiger partial charge in [-0.1, -0.05) is 12.0 Å². The summed E-state index contributed by atoms with van der Waals surface area (Å²) in [6.07, 6.45) is 4.97. The van der Waals surface area contributed by atoms with Crippen molar-refractivity contribution in [2.45, 2.75) is 6.92 Å². The van der Waals surface area contributed by atoms with Crippen molar-refractivity contribution in [2.24, 2.45) is 0 Å². The minimum Gasteiger partial charge on any atom is -0.481 e. The number of carbonyl (C=O) groups is 2. The van der Waals surface area contributed by atoms with Crippen LogP contribution in [0.25, 0.3) is 0 Å². The normalized spacial score (nSPS) is 9.45. The van der Waals surface area contributed by atoms with E-state index in [1.54, 1.807) is 6.07 Å². The summed E-state index contributed by atoms with van der Waals surface area (Å²) in [5.41, 5.74) is 1.07. The average molecular weight is 340 g/mol. The van der Waals surface area contributed by atoms with E-state index >= 15 is 0 Å². The molecule has 0 aliphatic carbocycles. The molecule has 0 aromatic heterocycles. The molecule has 0 unspecified atom stereocenters. The maximum absolute atomic E-state index is 11.4. The van der Waals surface area contributed by atoms with Crippen molar-refractivity contribution in [3.63, 3.8) is 0 Å². The summed E-state index contributed by atoms with van der Waals surface area (Å²) < 4.78 is 10.8. The zero-order chi connectivity index (χ0) is 15.0. The van der Waals surface area contributed by atoms with Crippen molar-refractivity contribution in [1.82, 2.24) is 5.32 Å². The van der Waals surface area contributed by atoms with E-state index in [0.29, 0.717) is 5.75 Å². The van der Waals surface area contributed by atoms with Crippen LogP contribution >= 0.6 is 15.9 Å². The number of benzene rings is 1. The highest BCUT2D eigenvalue weighted by Crippen LogP contribution is 2.25. The van der Waals surface area contributed by atoms with Gasteiger partial charge in [-0.05, 0) is 40.5 Å². The first-order valence-corrected chi connectivity index (χ1v) is 6.57. The number of halogens is 1. The Balaban J connectivity index is 2.33. The van der Waals surface area contributed by atoms with E-state index in [0.717, 1.165) is 10.0 Å². The first kappa shape index (κ1) is 16.1. The molecule has 0 aliphatic heterocycles. The third-order valence-corrected chi connectivity index (χ3v) is 2.80. The molecule has 106 valence electrons. The number of ether oxygens (including phenoxy) is 2. The molecule has 1 N–H and O–H groups in total. The Morgan fingerprint density at radius 1 is 1.40 bits per heavy atom. The van der Waals surface area contributed by atoms with Gasteiger partial charge in [0.1, 0.15) is 5.75 Å². The summed E-state index contributed by atoms with van der Waals surface area (Å²) in [6.45, 7) is 1.39. The van der Waals surface area contributed by atoms with Crippen LogP contribution in [0.4, 0.5) is 0 Å². The predicted octanol–water partition coefficient (Wildman–Crippen LogP) is 1.43. The zero-order valence-corrected chi connectivity index (χ0v) is 12.5. The van der Waals surface area contributed by atoms with Gasteiger partial charge in [0.2, 0.25) is 0 Å². The first-order valence-electron chi connectivity index (χ1n) is 5.77. The second-order valence-corrected chi connectivity index (χ2v) is 4.72. The summed E-state index contributed by atoms with van der Waals surface area (Å²) in [5.74, 6) is 1.69. The highest BCUT2D eigenvalue weighted by molar-refractivity contribution is 9.10. The summed E-state index contributed by atoms with van der Waals surface area (Å²) >= 11 is 3.33. The Bertz CT molecular complexity index is 536. The molecule has 0 radical (unpaired) electrons. The average Bonchev–Trinajstić information content (AvgIpc) is 2.41. The van der Waals surface area contributed by atoms with Crippen LogP contribution in [0.15, 0.2) is 22.7 Å². The standard InChI is InChI=1S/C14H14BrNO4/c1-3-6-16-13(17)8-20-14(18)9-19-12-5-4-10(2)7-11(12)15/h1,4-5,7H,6,8-9H2,2H3,(H,16,17). The molecular weight excluding hydrogens is 326 g/mol. The van der Waals surface area contributed by atoms with Crippen molar-refractivity contribution in [1.29, 1.82) is 0 Å². The molecule has 6 heteroatoms. The molecule has 1 aromatic rings. The highest BCUT2D eigenvalue weighted by atomic mass is 79.9. The van der Waals surface area contributed by atoms with E-state index in [1.165, 1.54) is 0 Å². The molecule has 0 saturated carbocycles. The van der Waals surface area contributed by atoms with Crippen LogP contribution in [-0.2, 0) is 14.3 Å². The van der Waals surface area contributed by atoms with E-state index < -0.39 is 11.9 Å². The van der Waals surface area contributed by atoms with Crippen molar-refractivity contribution in [3.8, 4) is 18.1 Å². The smallest absolute Gasteiger partial charge is 0.344 e. The summed E-state index contributed by atoms with van der Waals surface area (Å²) in [6, 6.07) is 5.47. The van der Waals surface area contributed by atoms with Crippen molar-refractivity contribution < 1.29 is 19.1 Å². The maximum Gasteiger partial charge on any atom is 0.344 e. The van der Waals surface area contributed by atoms with E-state index in [-0.39, 0.29) is 19.8 Å². The van der Waals surface area contributed by atoms with Gasteiger partial charge in [-0.25, -0.2) is 4.79 Å². The number of rotatable bonds is 6. The molecule has 1 aromatic carbocycles. The van der Waals surface area contributed by atoms with Gasteiger partial charge < -0.3 is 14.8 Å². The molecule has 0 atom stereocenters. The third kappa shape index (κ3) is 5.76. The number of aryl methyl sites for hydroxylation is 1. The number of hydrogen-bond acceptors (Lipinski definition) is 4. The molecule has 0 bridgehead atoms. The highest BCUT2D eigenvalue weighted by Gasteiger charge is 2.09. The second kappa shape index (κ2) is 8.23. The molecule has 0 heterocycles. The van der Waals surface area contributed by atoms with Gasteiger partial charge in [-0.2, -0.15) is 0 Å². The van der Waals surface area contributed by atoms with E-state index in [1.807, 2.05) is 19.1 Å². The Morgan fingerprint density at radius 3 is 2.80 bits per heavy atom. The fraction of sp³-hybridized carbons (Fsp3) is 0.286. The quantitative estimate of drug-likeness (QED) is 0.629. The van der Waals surface area contributed by atoms with Crippen LogP contribution in [0.2, 0.25) is 0 Å². The minimum atomic E-state index is -0.631. The lowest BCUT2D eigenvalue weighted by atomic mass is 10.2. The zero-order valence-electron chi connectivity index (χ0n) is 10.9. The Kier molecular flexibility index (Phi) is 6.60. The molecule has 0 fully saturated rings. The first-order chi connectivity index (χ1) is 9.52. The fourth-order valence-electron chi connectivity index (χ4n) is 1.25. The molecule has 0 spiro atoms. The summed E-state index contributed by atoms with van der Waals surface area (Å²) in [5, 5.41) is 2.38. The number of esters is 1. The van der Waals surface area contributed by atoms with Crippen molar-refractivity contribution in [2.75, 3.05) is 19.8 Å². The number of nitrogens with one attached hydrogen (secondary N) is 1. The Labute approximate surface area is 125 Å². The van der Waals surface area contributed by atoms with Gasteiger partial charge in [0.25, 0.3) is 5.91 Å². The van der Waals surface area contributed by atoms with Crippen LogP contribution in [0, 0.1) is 19.3 Å². The SMILES string of the molecule is C#CCNC(=O)COC(=O)COc1ccc(C)cc1Br. The van der Waals surface area contributed by atoms with Crippen molar-refractivity contribution in [3.05, 3.63) is 28.2 Å². The van der Waals surface area contributed by atoms with Crippen LogP contribution in [-0.4, -0.2) is 31.6 Å². The number of terminal acetylenes is 1. The monoisotopic (exact) mass is 339 g/mol. The van der Waals surface area contributed by atoms with E-state index in [4.69, 9.17) is 15.9 Å². The Morgan fingerprint density at radius 2 is 2.15 bits per heavy atom. The third-order valence-electron chi connectivity index (χ3n) is 2.18. The lowest BCUT2D eigenvalue weighted by Gasteiger charge is -2.08. The van der Waals surface area contributed by atoms with E-state index in [9.17, 15) is 9.59 Å². The lowest BCUT2D eigenvalue weighted by Crippen LogP contribution is -2.30. The minimum absolute atomic E-state index is 0.100. The number of hydrogen-bond donors (Lipinski definition) is 1. The van der Waals surface area contributed by atoms with Crippen molar-refractivity contribution >= 4 is 27.8 Å². The molecule has 0 saturated heterocycles. The van der Waals surface area contributed by atoms with Crippen LogP contribution in [0.1, 0.15) is 5.56 Å². The molecule has 20 heavy (non-hydrogen) atoms. The van der Waals surface area contributed by atoms with Gasteiger partial charge in [-0.3, -0.25) is 4.79 Å². The van der Waals surface area contributed by atoms with Crippen LogP contribution in [0.5, 0.6) is 5.75 Å². The summed E-state index contributed by atoms with van der Waals surface area (Å²) in [7, 11) is 0. The van der Waals surface area contributed by atoms with Gasteiger partial charge in [0.05, 0.1) is 11.0 Å². The maximum atomic E-state index is 11.4. The molecule has 1 amide bonds. The Hall–Kier alpha value is -2.00. The topological polar surface area (TPSA) is 64.6 Å². The fourth-order valence-corrected chi connectivity index (χ4v) is 1.86. The number of carbonyl (C=O) groups excluding carboxylic acids is 2. The lowest BCUT2D eigenvalue weighted by molar-refractivity contribution is -0.150. The van der Waals surface area contributed by atoms with Gasteiger partial charge in [-0.15, -0.1) is 6.42 Å². The second-order valence-electron chi connectivity index (χ2n) is 3.86. The predicted molar refractivity (Wildman–Crippen MR) is 77.2 cm³/mol. The molecular formula is C14H14BrNO4. The van der Waals surface area contributed by atoms with Crippen LogP contribution in [0.3, 0.4) is 0 Å². The summed E-state index contributed by atoms with van der Waals surface area (Å²) in [4.78, 5) is 22.5. The molecule has 0 aliphatic rings. The van der Waals surface area contributed by atoms with Gasteiger partial charge in [0.15, 0.2) is 13.2 Å². The molecule has 5 nitrogen and oxygen atoms in total. The molecule has 1 rings (SSSR count).